The predicted octanol–water partition coefficient (Wildman–Crippen LogP) is 2.26. The van der Waals surface area contributed by atoms with Crippen molar-refractivity contribution in [3.05, 3.63) is 47.7 Å². The fourth-order valence-corrected chi connectivity index (χ4v) is 3.08. The van der Waals surface area contributed by atoms with Crippen LogP contribution in [0.25, 0.3) is 0 Å². The SMILES string of the molecule is CCOc1nn(CC)cc1C(=O)N1CCN(Cc2ccccc2)CC1. The van der Waals surface area contributed by atoms with Crippen LogP contribution in [0.15, 0.2) is 36.5 Å². The molecule has 0 saturated carbocycles. The van der Waals surface area contributed by atoms with Crippen molar-refractivity contribution in [3.8, 4) is 5.88 Å². The summed E-state index contributed by atoms with van der Waals surface area (Å²) in [4.78, 5) is 17.2. The van der Waals surface area contributed by atoms with Crippen LogP contribution in [0.2, 0.25) is 0 Å². The van der Waals surface area contributed by atoms with Gasteiger partial charge in [0.05, 0.1) is 6.61 Å². The standard InChI is InChI=1S/C19H26N4O2/c1-3-23-15-17(18(20-23)25-4-2)19(24)22-12-10-21(11-13-22)14-16-8-6-5-7-9-16/h5-9,15H,3-4,10-14H2,1-2H3. The van der Waals surface area contributed by atoms with Gasteiger partial charge in [-0.15, -0.1) is 5.10 Å². The second-order valence-electron chi connectivity index (χ2n) is 6.19. The van der Waals surface area contributed by atoms with E-state index in [0.717, 1.165) is 39.3 Å². The van der Waals surface area contributed by atoms with Gasteiger partial charge in [0.15, 0.2) is 0 Å². The Balaban J connectivity index is 1.61. The van der Waals surface area contributed by atoms with Gasteiger partial charge in [0.2, 0.25) is 5.88 Å². The van der Waals surface area contributed by atoms with Crippen LogP contribution in [0.4, 0.5) is 0 Å². The fraction of sp³-hybridized carbons (Fsp3) is 0.474. The summed E-state index contributed by atoms with van der Waals surface area (Å²) in [7, 11) is 0. The number of ether oxygens (including phenoxy) is 1. The van der Waals surface area contributed by atoms with Crippen LogP contribution in [0, 0.1) is 0 Å². The Morgan fingerprint density at radius 3 is 2.48 bits per heavy atom. The molecule has 3 rings (SSSR count). The Morgan fingerprint density at radius 2 is 1.84 bits per heavy atom. The molecular weight excluding hydrogens is 316 g/mol. The molecule has 1 aromatic carbocycles. The monoisotopic (exact) mass is 342 g/mol. The van der Waals surface area contributed by atoms with Crippen LogP contribution < -0.4 is 4.74 Å². The number of nitrogens with zero attached hydrogens (tertiary/aromatic N) is 4. The summed E-state index contributed by atoms with van der Waals surface area (Å²) >= 11 is 0. The van der Waals surface area contributed by atoms with Crippen LogP contribution in [0.5, 0.6) is 5.88 Å². The summed E-state index contributed by atoms with van der Waals surface area (Å²) in [5.41, 5.74) is 1.88. The largest absolute Gasteiger partial charge is 0.476 e. The number of hydrogen-bond acceptors (Lipinski definition) is 4. The second kappa shape index (κ2) is 8.16. The third-order valence-corrected chi connectivity index (χ3v) is 4.47. The molecule has 1 fully saturated rings. The minimum Gasteiger partial charge on any atom is -0.476 e. The lowest BCUT2D eigenvalue weighted by atomic mass is 10.2. The van der Waals surface area contributed by atoms with E-state index in [2.05, 4.69) is 34.3 Å². The highest BCUT2D eigenvalue weighted by Gasteiger charge is 2.26. The van der Waals surface area contributed by atoms with Gasteiger partial charge >= 0.3 is 0 Å². The molecule has 0 spiro atoms. The molecule has 0 N–H and O–H groups in total. The van der Waals surface area contributed by atoms with E-state index in [-0.39, 0.29) is 5.91 Å². The lowest BCUT2D eigenvalue weighted by Gasteiger charge is -2.34. The van der Waals surface area contributed by atoms with Gasteiger partial charge in [-0.2, -0.15) is 0 Å². The third kappa shape index (κ3) is 4.20. The van der Waals surface area contributed by atoms with E-state index in [1.54, 1.807) is 10.9 Å². The van der Waals surface area contributed by atoms with Gasteiger partial charge < -0.3 is 9.64 Å². The summed E-state index contributed by atoms with van der Waals surface area (Å²) in [6.45, 7) is 9.29. The maximum absolute atomic E-state index is 12.9. The van der Waals surface area contributed by atoms with Crippen molar-refractivity contribution < 1.29 is 9.53 Å². The van der Waals surface area contributed by atoms with E-state index in [1.807, 2.05) is 24.8 Å². The first-order valence-electron chi connectivity index (χ1n) is 8.97. The second-order valence-corrected chi connectivity index (χ2v) is 6.19. The smallest absolute Gasteiger partial charge is 0.261 e. The fourth-order valence-electron chi connectivity index (χ4n) is 3.08. The summed E-state index contributed by atoms with van der Waals surface area (Å²) in [5, 5.41) is 4.34. The Hall–Kier alpha value is -2.34. The van der Waals surface area contributed by atoms with Crippen molar-refractivity contribution in [2.75, 3.05) is 32.8 Å². The van der Waals surface area contributed by atoms with Crippen LogP contribution in [0.3, 0.4) is 0 Å². The number of piperazine rings is 1. The number of benzene rings is 1. The van der Waals surface area contributed by atoms with Gasteiger partial charge in [-0.25, -0.2) is 0 Å². The maximum Gasteiger partial charge on any atom is 0.261 e. The molecule has 25 heavy (non-hydrogen) atoms. The first-order chi connectivity index (χ1) is 12.2. The first-order valence-corrected chi connectivity index (χ1v) is 8.97. The molecule has 6 heteroatoms. The number of hydrogen-bond donors (Lipinski definition) is 0. The summed E-state index contributed by atoms with van der Waals surface area (Å²) in [6.07, 6.45) is 1.80. The van der Waals surface area contributed by atoms with E-state index in [1.165, 1.54) is 5.56 Å². The van der Waals surface area contributed by atoms with Crippen molar-refractivity contribution in [2.45, 2.75) is 26.9 Å². The third-order valence-electron chi connectivity index (χ3n) is 4.47. The van der Waals surface area contributed by atoms with Gasteiger partial charge in [-0.05, 0) is 19.4 Å². The van der Waals surface area contributed by atoms with Crippen molar-refractivity contribution in [1.29, 1.82) is 0 Å². The molecule has 134 valence electrons. The van der Waals surface area contributed by atoms with Crippen molar-refractivity contribution in [2.24, 2.45) is 0 Å². The molecule has 0 radical (unpaired) electrons. The van der Waals surface area contributed by atoms with Crippen LogP contribution >= 0.6 is 0 Å². The molecule has 0 bridgehead atoms. The molecule has 1 aliphatic heterocycles. The number of carbonyl (C=O) groups is 1. The molecule has 0 atom stereocenters. The molecule has 1 aromatic heterocycles. The van der Waals surface area contributed by atoms with E-state index < -0.39 is 0 Å². The molecule has 0 unspecified atom stereocenters. The lowest BCUT2D eigenvalue weighted by molar-refractivity contribution is 0.0624. The van der Waals surface area contributed by atoms with E-state index in [4.69, 9.17) is 4.74 Å². The molecule has 1 saturated heterocycles. The lowest BCUT2D eigenvalue weighted by Crippen LogP contribution is -2.48. The number of rotatable bonds is 6. The molecule has 2 heterocycles. The number of carbonyl (C=O) groups excluding carboxylic acids is 1. The predicted molar refractivity (Wildman–Crippen MR) is 96.7 cm³/mol. The molecule has 1 aliphatic rings. The van der Waals surface area contributed by atoms with E-state index in [9.17, 15) is 4.79 Å². The molecule has 6 nitrogen and oxygen atoms in total. The van der Waals surface area contributed by atoms with Gasteiger partial charge in [0.1, 0.15) is 5.56 Å². The normalized spacial score (nSPS) is 15.4. The molecule has 2 aromatic rings. The van der Waals surface area contributed by atoms with Crippen LogP contribution in [-0.2, 0) is 13.1 Å². The number of amides is 1. The Kier molecular flexibility index (Phi) is 5.71. The van der Waals surface area contributed by atoms with Gasteiger partial charge in [0, 0.05) is 45.5 Å². The van der Waals surface area contributed by atoms with Gasteiger partial charge in [0.25, 0.3) is 5.91 Å². The van der Waals surface area contributed by atoms with Gasteiger partial charge in [-0.1, -0.05) is 30.3 Å². The topological polar surface area (TPSA) is 50.6 Å². The van der Waals surface area contributed by atoms with Crippen molar-refractivity contribution >= 4 is 5.91 Å². The number of aryl methyl sites for hydroxylation is 1. The summed E-state index contributed by atoms with van der Waals surface area (Å²) in [5.74, 6) is 0.462. The summed E-state index contributed by atoms with van der Waals surface area (Å²) < 4.78 is 7.30. The zero-order valence-corrected chi connectivity index (χ0v) is 15.0. The van der Waals surface area contributed by atoms with E-state index >= 15 is 0 Å². The Morgan fingerprint density at radius 1 is 1.12 bits per heavy atom. The van der Waals surface area contributed by atoms with Crippen LogP contribution in [-0.4, -0.2) is 58.3 Å². The molecule has 1 amide bonds. The minimum atomic E-state index is 0.0162. The molecule has 0 aliphatic carbocycles. The highest BCUT2D eigenvalue weighted by molar-refractivity contribution is 5.96. The van der Waals surface area contributed by atoms with Crippen molar-refractivity contribution in [1.82, 2.24) is 19.6 Å². The Labute approximate surface area is 149 Å². The average molecular weight is 342 g/mol. The first kappa shape index (κ1) is 17.5. The molecular formula is C19H26N4O2. The quantitative estimate of drug-likeness (QED) is 0.808. The average Bonchev–Trinajstić information content (AvgIpc) is 3.06. The van der Waals surface area contributed by atoms with E-state index in [0.29, 0.717) is 18.1 Å². The number of aromatic nitrogens is 2. The minimum absolute atomic E-state index is 0.0162. The maximum atomic E-state index is 12.9. The van der Waals surface area contributed by atoms with Crippen LogP contribution in [0.1, 0.15) is 29.8 Å². The highest BCUT2D eigenvalue weighted by atomic mass is 16.5. The highest BCUT2D eigenvalue weighted by Crippen LogP contribution is 2.20. The Bertz CT molecular complexity index is 691. The van der Waals surface area contributed by atoms with Crippen molar-refractivity contribution in [3.63, 3.8) is 0 Å². The van der Waals surface area contributed by atoms with Gasteiger partial charge in [-0.3, -0.25) is 14.4 Å². The zero-order chi connectivity index (χ0) is 17.6. The zero-order valence-electron chi connectivity index (χ0n) is 15.0. The summed E-state index contributed by atoms with van der Waals surface area (Å²) in [6, 6.07) is 10.5.